The molecule has 0 bridgehead atoms. The van der Waals surface area contributed by atoms with Gasteiger partial charge in [-0.15, -0.1) is 10.2 Å². The van der Waals surface area contributed by atoms with Crippen LogP contribution in [0.4, 0.5) is 4.39 Å². The Kier molecular flexibility index (Phi) is 6.57. The van der Waals surface area contributed by atoms with Crippen LogP contribution in [-0.4, -0.2) is 36.3 Å². The largest absolute Gasteiger partial charge is 0.494 e. The maximum atomic E-state index is 14.1. The highest BCUT2D eigenvalue weighted by molar-refractivity contribution is 7.89. The van der Waals surface area contributed by atoms with Gasteiger partial charge in [-0.1, -0.05) is 19.1 Å². The number of sulfonamides is 1. The second kappa shape index (κ2) is 9.38. The van der Waals surface area contributed by atoms with Gasteiger partial charge in [0, 0.05) is 12.1 Å². The molecule has 0 unspecified atom stereocenters. The van der Waals surface area contributed by atoms with Crippen LogP contribution in [0.3, 0.4) is 0 Å². The summed E-state index contributed by atoms with van der Waals surface area (Å²) in [6.45, 7) is 1.91. The van der Waals surface area contributed by atoms with Crippen molar-refractivity contribution in [2.45, 2.75) is 56.0 Å². The fourth-order valence-corrected chi connectivity index (χ4v) is 5.94. The lowest BCUT2D eigenvalue weighted by atomic mass is 9.91. The lowest BCUT2D eigenvalue weighted by Gasteiger charge is -2.30. The molecule has 4 rings (SSSR count). The molecule has 1 N–H and O–H groups in total. The summed E-state index contributed by atoms with van der Waals surface area (Å²) in [5.74, 6) is -0.286. The van der Waals surface area contributed by atoms with E-state index < -0.39 is 15.8 Å². The Balaban J connectivity index is 1.56. The van der Waals surface area contributed by atoms with Gasteiger partial charge in [0.15, 0.2) is 11.6 Å². The standard InChI is InChI=1S/C23H27FN4O3S/c1-3-16-11-17(18-7-9-22(31-2)21(24)12-18)8-10-23(16)32(29,30)27-19-5-4-6-20(13-19)28-14-25-26-15-28/h7-12,14-15,19-20,27H,3-6,13H2,1-2H3/t19-,20+/m0/s1. The third kappa shape index (κ3) is 4.68. The molecule has 0 saturated heterocycles. The average molecular weight is 459 g/mol. The molecular formula is C23H27FN4O3S. The number of aryl methyl sites for hydroxylation is 1. The Morgan fingerprint density at radius 1 is 1.12 bits per heavy atom. The number of methoxy groups -OCH3 is 1. The number of rotatable bonds is 7. The molecule has 2 aromatic carbocycles. The molecule has 1 fully saturated rings. The molecule has 0 amide bonds. The van der Waals surface area contributed by atoms with Gasteiger partial charge in [0.25, 0.3) is 0 Å². The van der Waals surface area contributed by atoms with Crippen LogP contribution >= 0.6 is 0 Å². The first-order valence-corrected chi connectivity index (χ1v) is 12.2. The molecule has 0 aliphatic heterocycles. The van der Waals surface area contributed by atoms with Crippen molar-refractivity contribution < 1.29 is 17.5 Å². The maximum absolute atomic E-state index is 14.1. The van der Waals surface area contributed by atoms with Gasteiger partial charge >= 0.3 is 0 Å². The topological polar surface area (TPSA) is 86.1 Å². The molecule has 2 atom stereocenters. The third-order valence-electron chi connectivity index (χ3n) is 6.04. The first kappa shape index (κ1) is 22.4. The van der Waals surface area contributed by atoms with E-state index in [-0.39, 0.29) is 22.7 Å². The van der Waals surface area contributed by atoms with Crippen LogP contribution in [0.15, 0.2) is 53.9 Å². The predicted octanol–water partition coefficient (Wildman–Crippen LogP) is 4.12. The lowest BCUT2D eigenvalue weighted by molar-refractivity contribution is 0.305. The fourth-order valence-electron chi connectivity index (χ4n) is 4.37. The van der Waals surface area contributed by atoms with Crippen molar-refractivity contribution in [2.75, 3.05) is 7.11 Å². The maximum Gasteiger partial charge on any atom is 0.241 e. The average Bonchev–Trinajstić information content (AvgIpc) is 3.33. The van der Waals surface area contributed by atoms with Gasteiger partial charge in [0.05, 0.1) is 12.0 Å². The van der Waals surface area contributed by atoms with Crippen molar-refractivity contribution in [1.82, 2.24) is 19.5 Å². The fraction of sp³-hybridized carbons (Fsp3) is 0.391. The van der Waals surface area contributed by atoms with E-state index in [0.29, 0.717) is 24.0 Å². The first-order valence-electron chi connectivity index (χ1n) is 10.7. The minimum Gasteiger partial charge on any atom is -0.494 e. The van der Waals surface area contributed by atoms with E-state index in [2.05, 4.69) is 14.9 Å². The number of nitrogens with one attached hydrogen (secondary N) is 1. The number of hydrogen-bond donors (Lipinski definition) is 1. The second-order valence-electron chi connectivity index (χ2n) is 8.07. The van der Waals surface area contributed by atoms with Gasteiger partial charge in [0.2, 0.25) is 10.0 Å². The van der Waals surface area contributed by atoms with E-state index in [0.717, 1.165) is 24.8 Å². The van der Waals surface area contributed by atoms with Gasteiger partial charge in [-0.3, -0.25) is 0 Å². The van der Waals surface area contributed by atoms with Gasteiger partial charge in [-0.05, 0) is 73.1 Å². The Bertz CT molecular complexity index is 1180. The van der Waals surface area contributed by atoms with Crippen LogP contribution in [0.2, 0.25) is 0 Å². The van der Waals surface area contributed by atoms with Crippen LogP contribution in [0.5, 0.6) is 5.75 Å². The Morgan fingerprint density at radius 3 is 2.53 bits per heavy atom. The molecule has 1 aliphatic rings. The summed E-state index contributed by atoms with van der Waals surface area (Å²) in [4.78, 5) is 0.268. The van der Waals surface area contributed by atoms with Gasteiger partial charge in [-0.25, -0.2) is 17.5 Å². The molecule has 1 saturated carbocycles. The van der Waals surface area contributed by atoms with Crippen molar-refractivity contribution in [3.05, 3.63) is 60.4 Å². The molecular weight excluding hydrogens is 431 g/mol. The molecule has 1 aliphatic carbocycles. The molecule has 3 aromatic rings. The van der Waals surface area contributed by atoms with E-state index in [1.807, 2.05) is 17.6 Å². The number of ether oxygens (including phenoxy) is 1. The molecule has 7 nitrogen and oxygen atoms in total. The highest BCUT2D eigenvalue weighted by atomic mass is 32.2. The van der Waals surface area contributed by atoms with Crippen molar-refractivity contribution in [3.8, 4) is 16.9 Å². The van der Waals surface area contributed by atoms with Crippen molar-refractivity contribution in [1.29, 1.82) is 0 Å². The van der Waals surface area contributed by atoms with Crippen LogP contribution < -0.4 is 9.46 Å². The highest BCUT2D eigenvalue weighted by Crippen LogP contribution is 2.31. The SMILES string of the molecule is CCc1cc(-c2ccc(OC)c(F)c2)ccc1S(=O)(=O)N[C@H]1CCC[C@@H](n2cnnc2)C1. The molecule has 0 spiro atoms. The molecule has 1 aromatic heterocycles. The quantitative estimate of drug-likeness (QED) is 0.576. The number of nitrogens with zero attached hydrogens (tertiary/aromatic N) is 3. The third-order valence-corrected chi connectivity index (χ3v) is 7.66. The first-order chi connectivity index (χ1) is 15.4. The van der Waals surface area contributed by atoms with E-state index >= 15 is 0 Å². The molecule has 170 valence electrons. The zero-order valence-corrected chi connectivity index (χ0v) is 19.0. The Morgan fingerprint density at radius 2 is 1.84 bits per heavy atom. The van der Waals surface area contributed by atoms with Crippen LogP contribution in [0, 0.1) is 5.82 Å². The normalized spacial score (nSPS) is 19.1. The second-order valence-corrected chi connectivity index (χ2v) is 9.76. The summed E-state index contributed by atoms with van der Waals surface area (Å²) in [5.41, 5.74) is 2.11. The summed E-state index contributed by atoms with van der Waals surface area (Å²) in [6.07, 6.45) is 7.29. The highest BCUT2D eigenvalue weighted by Gasteiger charge is 2.28. The van der Waals surface area contributed by atoms with Crippen molar-refractivity contribution in [2.24, 2.45) is 0 Å². The molecule has 1 heterocycles. The van der Waals surface area contributed by atoms with E-state index in [1.165, 1.54) is 13.2 Å². The van der Waals surface area contributed by atoms with Crippen LogP contribution in [0.25, 0.3) is 11.1 Å². The van der Waals surface area contributed by atoms with Crippen molar-refractivity contribution >= 4 is 10.0 Å². The Labute approximate surface area is 187 Å². The summed E-state index contributed by atoms with van der Waals surface area (Å²) in [5, 5.41) is 7.72. The summed E-state index contributed by atoms with van der Waals surface area (Å²) >= 11 is 0. The van der Waals surface area contributed by atoms with Crippen LogP contribution in [0.1, 0.15) is 44.2 Å². The van der Waals surface area contributed by atoms with E-state index in [1.54, 1.807) is 36.9 Å². The lowest BCUT2D eigenvalue weighted by Crippen LogP contribution is -2.39. The number of benzene rings is 2. The molecule has 32 heavy (non-hydrogen) atoms. The van der Waals surface area contributed by atoms with Gasteiger partial charge in [0.1, 0.15) is 12.7 Å². The van der Waals surface area contributed by atoms with Gasteiger partial charge in [-0.2, -0.15) is 0 Å². The Hall–Kier alpha value is -2.78. The van der Waals surface area contributed by atoms with Gasteiger partial charge < -0.3 is 9.30 Å². The number of halogens is 1. The smallest absolute Gasteiger partial charge is 0.241 e. The monoisotopic (exact) mass is 458 g/mol. The zero-order valence-electron chi connectivity index (χ0n) is 18.2. The van der Waals surface area contributed by atoms with Crippen molar-refractivity contribution in [3.63, 3.8) is 0 Å². The van der Waals surface area contributed by atoms with E-state index in [4.69, 9.17) is 4.74 Å². The summed E-state index contributed by atoms with van der Waals surface area (Å²) in [6, 6.07) is 9.90. The van der Waals surface area contributed by atoms with E-state index in [9.17, 15) is 12.8 Å². The minimum atomic E-state index is -3.70. The van der Waals surface area contributed by atoms with Crippen LogP contribution in [-0.2, 0) is 16.4 Å². The summed E-state index contributed by atoms with van der Waals surface area (Å²) in [7, 11) is -2.28. The number of hydrogen-bond acceptors (Lipinski definition) is 5. The minimum absolute atomic E-state index is 0.152. The zero-order chi connectivity index (χ0) is 22.7. The summed E-state index contributed by atoms with van der Waals surface area (Å²) < 4.78 is 50.4. The molecule has 0 radical (unpaired) electrons. The molecule has 9 heteroatoms. The predicted molar refractivity (Wildman–Crippen MR) is 119 cm³/mol. The number of aromatic nitrogens is 3.